The van der Waals surface area contributed by atoms with Crippen molar-refractivity contribution >= 4 is 45.0 Å². The van der Waals surface area contributed by atoms with Crippen molar-refractivity contribution in [2.75, 3.05) is 11.1 Å². The Bertz CT molecular complexity index is 1000. The predicted octanol–water partition coefficient (Wildman–Crippen LogP) is 3.31. The van der Waals surface area contributed by atoms with Crippen LogP contribution in [0.3, 0.4) is 0 Å². The summed E-state index contributed by atoms with van der Waals surface area (Å²) in [5.41, 5.74) is 8.11. The number of hydrogen-bond acceptors (Lipinski definition) is 8. The average molecular weight is 397 g/mol. The lowest BCUT2D eigenvalue weighted by Gasteiger charge is -2.13. The second kappa shape index (κ2) is 7.45. The van der Waals surface area contributed by atoms with Crippen molar-refractivity contribution in [3.05, 3.63) is 53.9 Å². The number of carbonyl (C=O) groups excluding carboxylic acids is 1. The van der Waals surface area contributed by atoms with Gasteiger partial charge in [-0.15, -0.1) is 23.1 Å². The molecule has 0 saturated carbocycles. The molecule has 1 aliphatic heterocycles. The van der Waals surface area contributed by atoms with Gasteiger partial charge in [-0.3, -0.25) is 9.78 Å². The van der Waals surface area contributed by atoms with Crippen molar-refractivity contribution in [3.8, 4) is 11.3 Å². The van der Waals surface area contributed by atoms with Gasteiger partial charge in [0.1, 0.15) is 0 Å². The van der Waals surface area contributed by atoms with E-state index >= 15 is 0 Å². The number of nitrogens with one attached hydrogen (secondary N) is 1. The van der Waals surface area contributed by atoms with Gasteiger partial charge in [0.2, 0.25) is 11.9 Å². The van der Waals surface area contributed by atoms with Gasteiger partial charge >= 0.3 is 0 Å². The summed E-state index contributed by atoms with van der Waals surface area (Å²) >= 11 is 2.88. The van der Waals surface area contributed by atoms with Crippen molar-refractivity contribution in [2.45, 2.75) is 12.2 Å². The second-order valence-electron chi connectivity index (χ2n) is 6.00. The van der Waals surface area contributed by atoms with Crippen molar-refractivity contribution in [2.24, 2.45) is 5.92 Å². The highest BCUT2D eigenvalue weighted by Gasteiger charge is 2.32. The molecule has 4 heterocycles. The first-order chi connectivity index (χ1) is 13.1. The van der Waals surface area contributed by atoms with E-state index in [0.29, 0.717) is 5.13 Å². The largest absolute Gasteiger partial charge is 0.368 e. The average Bonchev–Trinajstić information content (AvgIpc) is 3.29. The van der Waals surface area contributed by atoms with E-state index in [0.717, 1.165) is 21.9 Å². The van der Waals surface area contributed by atoms with Crippen molar-refractivity contribution in [1.82, 2.24) is 19.9 Å². The highest BCUT2D eigenvalue weighted by atomic mass is 32.2. The van der Waals surface area contributed by atoms with Crippen LogP contribution in [-0.2, 0) is 4.79 Å². The SMILES string of the molecule is CC1C=C(c2ccnc(N)n2)SC1C(=O)Nc1nc(-c2cccnc2)cs1. The monoisotopic (exact) mass is 396 g/mol. The first-order valence-corrected chi connectivity index (χ1v) is 10.0. The Hall–Kier alpha value is -2.78. The number of hydrogen-bond donors (Lipinski definition) is 2. The lowest BCUT2D eigenvalue weighted by molar-refractivity contribution is -0.116. The number of rotatable bonds is 4. The molecule has 136 valence electrons. The summed E-state index contributed by atoms with van der Waals surface area (Å²) < 4.78 is 0. The molecular formula is C18H16N6OS2. The smallest absolute Gasteiger partial charge is 0.240 e. The Labute approximate surface area is 164 Å². The first-order valence-electron chi connectivity index (χ1n) is 8.24. The summed E-state index contributed by atoms with van der Waals surface area (Å²) in [5, 5.41) is 5.16. The van der Waals surface area contributed by atoms with Crippen LogP contribution < -0.4 is 11.1 Å². The number of allylic oxidation sites excluding steroid dienone is 1. The Balaban J connectivity index is 1.44. The molecule has 2 unspecified atom stereocenters. The third-order valence-corrected chi connectivity index (χ3v) is 6.28. The van der Waals surface area contributed by atoms with Crippen LogP contribution in [0.5, 0.6) is 0 Å². The van der Waals surface area contributed by atoms with E-state index in [2.05, 4.69) is 25.3 Å². The molecule has 3 N–H and O–H groups in total. The van der Waals surface area contributed by atoms with E-state index < -0.39 is 0 Å². The third kappa shape index (κ3) is 3.83. The minimum atomic E-state index is -0.248. The first kappa shape index (κ1) is 17.6. The number of thiazole rings is 1. The molecule has 0 radical (unpaired) electrons. The van der Waals surface area contributed by atoms with Crippen molar-refractivity contribution in [3.63, 3.8) is 0 Å². The van der Waals surface area contributed by atoms with E-state index in [1.807, 2.05) is 30.5 Å². The van der Waals surface area contributed by atoms with Crippen LogP contribution >= 0.6 is 23.1 Å². The maximum atomic E-state index is 12.7. The fourth-order valence-electron chi connectivity index (χ4n) is 2.71. The maximum absolute atomic E-state index is 12.7. The molecule has 1 amide bonds. The number of nitrogens with two attached hydrogens (primary N) is 1. The van der Waals surface area contributed by atoms with Crippen LogP contribution in [0.25, 0.3) is 16.2 Å². The zero-order valence-electron chi connectivity index (χ0n) is 14.4. The Kier molecular flexibility index (Phi) is 4.87. The lowest BCUT2D eigenvalue weighted by Crippen LogP contribution is -2.27. The van der Waals surface area contributed by atoms with Gasteiger partial charge in [-0.2, -0.15) is 0 Å². The van der Waals surface area contributed by atoms with Gasteiger partial charge in [0.25, 0.3) is 0 Å². The van der Waals surface area contributed by atoms with E-state index in [9.17, 15) is 4.79 Å². The number of amides is 1. The Morgan fingerprint density at radius 1 is 1.22 bits per heavy atom. The molecule has 1 aliphatic rings. The van der Waals surface area contributed by atoms with Crippen LogP contribution in [-0.4, -0.2) is 31.1 Å². The summed E-state index contributed by atoms with van der Waals surface area (Å²) in [7, 11) is 0. The van der Waals surface area contributed by atoms with Gasteiger partial charge < -0.3 is 11.1 Å². The van der Waals surface area contributed by atoms with Crippen molar-refractivity contribution < 1.29 is 4.79 Å². The standard InChI is InChI=1S/C18H16N6OS2/c1-10-7-14(12-4-6-21-17(19)22-12)27-15(10)16(25)24-18-23-13(9-26-18)11-3-2-5-20-8-11/h2-10,15H,1H3,(H2,19,21,22)(H,23,24,25). The quantitative estimate of drug-likeness (QED) is 0.697. The molecule has 0 aromatic carbocycles. The second-order valence-corrected chi connectivity index (χ2v) is 8.04. The number of pyridine rings is 1. The lowest BCUT2D eigenvalue weighted by atomic mass is 10.1. The minimum absolute atomic E-state index is 0.0685. The van der Waals surface area contributed by atoms with Gasteiger partial charge in [0.15, 0.2) is 5.13 Å². The van der Waals surface area contributed by atoms with Crippen LogP contribution in [0.4, 0.5) is 11.1 Å². The number of thioether (sulfide) groups is 1. The topological polar surface area (TPSA) is 107 Å². The minimum Gasteiger partial charge on any atom is -0.368 e. The molecule has 4 rings (SSSR count). The summed E-state index contributed by atoms with van der Waals surface area (Å²) in [6, 6.07) is 5.59. The molecule has 0 saturated heterocycles. The summed E-state index contributed by atoms with van der Waals surface area (Å²) in [6.07, 6.45) is 7.12. The molecule has 0 fully saturated rings. The molecule has 0 spiro atoms. The fourth-order valence-corrected chi connectivity index (χ4v) is 4.70. The van der Waals surface area contributed by atoms with Gasteiger partial charge in [-0.1, -0.05) is 13.0 Å². The molecule has 0 bridgehead atoms. The molecular weight excluding hydrogens is 380 g/mol. The van der Waals surface area contributed by atoms with E-state index in [1.54, 1.807) is 24.7 Å². The third-order valence-electron chi connectivity index (χ3n) is 4.02. The zero-order valence-corrected chi connectivity index (χ0v) is 16.0. The normalized spacial score (nSPS) is 18.9. The number of nitrogens with zero attached hydrogens (tertiary/aromatic N) is 4. The molecule has 27 heavy (non-hydrogen) atoms. The maximum Gasteiger partial charge on any atom is 0.240 e. The van der Waals surface area contributed by atoms with Gasteiger partial charge in [0.05, 0.1) is 16.6 Å². The Morgan fingerprint density at radius 3 is 2.89 bits per heavy atom. The van der Waals surface area contributed by atoms with Crippen LogP contribution in [0, 0.1) is 5.92 Å². The molecule has 3 aromatic heterocycles. The van der Waals surface area contributed by atoms with Crippen LogP contribution in [0.2, 0.25) is 0 Å². The Morgan fingerprint density at radius 2 is 2.11 bits per heavy atom. The molecule has 0 aliphatic carbocycles. The van der Waals surface area contributed by atoms with Gasteiger partial charge in [-0.25, -0.2) is 15.0 Å². The number of aromatic nitrogens is 4. The molecule has 3 aromatic rings. The summed E-state index contributed by atoms with van der Waals surface area (Å²) in [4.78, 5) is 30.4. The highest BCUT2D eigenvalue weighted by Crippen LogP contribution is 2.42. The predicted molar refractivity (Wildman–Crippen MR) is 109 cm³/mol. The van der Waals surface area contributed by atoms with Crippen LogP contribution in [0.15, 0.2) is 48.2 Å². The van der Waals surface area contributed by atoms with Crippen molar-refractivity contribution in [1.29, 1.82) is 0 Å². The van der Waals surface area contributed by atoms with Gasteiger partial charge in [0, 0.05) is 34.4 Å². The molecule has 2 atom stereocenters. The zero-order chi connectivity index (χ0) is 18.8. The van der Waals surface area contributed by atoms with E-state index in [-0.39, 0.29) is 23.0 Å². The summed E-state index contributed by atoms with van der Waals surface area (Å²) in [6.45, 7) is 2.01. The number of nitrogen functional groups attached to an aromatic ring is 1. The fraction of sp³-hybridized carbons (Fsp3) is 0.167. The van der Waals surface area contributed by atoms with E-state index in [4.69, 9.17) is 5.73 Å². The number of anilines is 2. The molecule has 7 nitrogen and oxygen atoms in total. The van der Waals surface area contributed by atoms with Gasteiger partial charge in [-0.05, 0) is 24.1 Å². The summed E-state index contributed by atoms with van der Waals surface area (Å²) in [5.74, 6) is 0.215. The van der Waals surface area contributed by atoms with E-state index in [1.165, 1.54) is 23.1 Å². The molecule has 9 heteroatoms. The highest BCUT2D eigenvalue weighted by molar-refractivity contribution is 8.09. The number of carbonyl (C=O) groups is 1. The van der Waals surface area contributed by atoms with Crippen LogP contribution in [0.1, 0.15) is 12.6 Å².